The Hall–Kier alpha value is -1.62. The van der Waals surface area contributed by atoms with Crippen molar-refractivity contribution in [1.82, 2.24) is 9.97 Å². The van der Waals surface area contributed by atoms with E-state index in [9.17, 15) is 0 Å². The topological polar surface area (TPSA) is 55.0 Å². The van der Waals surface area contributed by atoms with Crippen LogP contribution in [0.2, 0.25) is 0 Å². The molecule has 0 atom stereocenters. The Morgan fingerprint density at radius 2 is 2.00 bits per heavy atom. The van der Waals surface area contributed by atoms with E-state index >= 15 is 0 Å². The van der Waals surface area contributed by atoms with Crippen LogP contribution in [0.3, 0.4) is 0 Å². The Kier molecular flexibility index (Phi) is 2.91. The Balaban J connectivity index is 1.90. The summed E-state index contributed by atoms with van der Waals surface area (Å²) in [6.45, 7) is 1.71. The lowest BCUT2D eigenvalue weighted by Gasteiger charge is -2.29. The van der Waals surface area contributed by atoms with Gasteiger partial charge in [0.05, 0.1) is 4.47 Å². The largest absolute Gasteiger partial charge is 0.398 e. The van der Waals surface area contributed by atoms with Gasteiger partial charge in [-0.3, -0.25) is 0 Å². The smallest absolute Gasteiger partial charge is 0.225 e. The predicted octanol–water partition coefficient (Wildman–Crippen LogP) is 2.38. The number of fused-ring (bicyclic) bond motifs is 1. The molecule has 1 aliphatic rings. The lowest BCUT2D eigenvalue weighted by Crippen LogP contribution is -2.32. The molecule has 4 nitrogen and oxygen atoms in total. The van der Waals surface area contributed by atoms with Crippen molar-refractivity contribution < 1.29 is 0 Å². The van der Waals surface area contributed by atoms with E-state index in [-0.39, 0.29) is 0 Å². The average Bonchev–Trinajstić information content (AvgIpc) is 2.40. The van der Waals surface area contributed by atoms with Crippen LogP contribution in [0.4, 0.5) is 11.6 Å². The highest BCUT2D eigenvalue weighted by molar-refractivity contribution is 9.10. The molecule has 2 N–H and O–H groups in total. The summed E-state index contributed by atoms with van der Waals surface area (Å²) in [5.41, 5.74) is 9.43. The first-order valence-electron chi connectivity index (χ1n) is 5.83. The van der Waals surface area contributed by atoms with E-state index in [1.807, 2.05) is 12.1 Å². The summed E-state index contributed by atoms with van der Waals surface area (Å²) in [4.78, 5) is 10.8. The molecule has 2 heterocycles. The number of nitrogens with zero attached hydrogens (tertiary/aromatic N) is 3. The van der Waals surface area contributed by atoms with Crippen LogP contribution >= 0.6 is 15.9 Å². The number of rotatable bonds is 1. The third kappa shape index (κ3) is 2.06. The highest BCUT2D eigenvalue weighted by Crippen LogP contribution is 2.26. The minimum Gasteiger partial charge on any atom is -0.398 e. The molecule has 1 aromatic carbocycles. The van der Waals surface area contributed by atoms with E-state index in [0.29, 0.717) is 0 Å². The molecule has 0 spiro atoms. The van der Waals surface area contributed by atoms with Crippen molar-refractivity contribution in [2.24, 2.45) is 0 Å². The molecule has 0 amide bonds. The van der Waals surface area contributed by atoms with Gasteiger partial charge in [-0.15, -0.1) is 0 Å². The molecule has 0 radical (unpaired) electrons. The highest BCUT2D eigenvalue weighted by Gasteiger charge is 2.19. The highest BCUT2D eigenvalue weighted by atomic mass is 79.9. The van der Waals surface area contributed by atoms with Gasteiger partial charge < -0.3 is 10.6 Å². The average molecular weight is 305 g/mol. The van der Waals surface area contributed by atoms with Crippen LogP contribution in [-0.4, -0.2) is 16.5 Å². The minimum atomic E-state index is 0.757. The zero-order valence-corrected chi connectivity index (χ0v) is 11.4. The number of nitrogens with two attached hydrogens (primary N) is 1. The van der Waals surface area contributed by atoms with Crippen molar-refractivity contribution in [1.29, 1.82) is 0 Å². The number of hydrogen-bond donors (Lipinski definition) is 1. The van der Waals surface area contributed by atoms with Gasteiger partial charge in [0.15, 0.2) is 0 Å². The summed E-state index contributed by atoms with van der Waals surface area (Å²) in [6, 6.07) is 6.11. The third-order valence-electron chi connectivity index (χ3n) is 3.20. The van der Waals surface area contributed by atoms with Gasteiger partial charge in [-0.1, -0.05) is 12.1 Å². The number of anilines is 2. The molecule has 0 unspecified atom stereocenters. The molecule has 2 aromatic rings. The maximum Gasteiger partial charge on any atom is 0.225 e. The monoisotopic (exact) mass is 304 g/mol. The Labute approximate surface area is 114 Å². The molecular formula is C13H13BrN4. The van der Waals surface area contributed by atoms with E-state index in [2.05, 4.69) is 36.9 Å². The zero-order valence-electron chi connectivity index (χ0n) is 9.81. The van der Waals surface area contributed by atoms with Gasteiger partial charge in [-0.2, -0.15) is 0 Å². The normalized spacial score (nSPS) is 14.4. The van der Waals surface area contributed by atoms with Crippen LogP contribution in [0.15, 0.2) is 35.1 Å². The lowest BCUT2D eigenvalue weighted by atomic mass is 9.98. The number of hydrogen-bond acceptors (Lipinski definition) is 4. The van der Waals surface area contributed by atoms with Crippen molar-refractivity contribution >= 4 is 27.6 Å². The molecule has 1 aliphatic heterocycles. The Bertz CT molecular complexity index is 568. The molecule has 0 saturated heterocycles. The Morgan fingerprint density at radius 3 is 2.78 bits per heavy atom. The van der Waals surface area contributed by atoms with Gasteiger partial charge in [0, 0.05) is 31.2 Å². The van der Waals surface area contributed by atoms with Crippen LogP contribution in [-0.2, 0) is 13.0 Å². The number of nitrogen functional groups attached to an aromatic ring is 1. The molecule has 1 aromatic heterocycles. The van der Waals surface area contributed by atoms with Crippen molar-refractivity contribution in [3.63, 3.8) is 0 Å². The van der Waals surface area contributed by atoms with Crippen LogP contribution < -0.4 is 10.6 Å². The molecule has 0 aliphatic carbocycles. The Morgan fingerprint density at radius 1 is 1.22 bits per heavy atom. The summed E-state index contributed by atoms with van der Waals surface area (Å²) in [5, 5.41) is 0. The molecule has 0 saturated carbocycles. The molecule has 5 heteroatoms. The quantitative estimate of drug-likeness (QED) is 0.822. The van der Waals surface area contributed by atoms with Crippen molar-refractivity contribution in [2.45, 2.75) is 13.0 Å². The summed E-state index contributed by atoms with van der Waals surface area (Å²) in [5.74, 6) is 0.757. The fourth-order valence-electron chi connectivity index (χ4n) is 2.25. The number of aromatic nitrogens is 2. The SMILES string of the molecule is Nc1cccc2c1CN(c1ncc(Br)cn1)CC2. The van der Waals surface area contributed by atoms with Gasteiger partial charge in [-0.25, -0.2) is 9.97 Å². The molecular weight excluding hydrogens is 292 g/mol. The van der Waals surface area contributed by atoms with Gasteiger partial charge in [-0.05, 0) is 39.5 Å². The molecule has 18 heavy (non-hydrogen) atoms. The molecule has 0 fully saturated rings. The summed E-state index contributed by atoms with van der Waals surface area (Å²) in [6.07, 6.45) is 4.53. The molecule has 92 valence electrons. The molecule has 0 bridgehead atoms. The minimum absolute atomic E-state index is 0.757. The van der Waals surface area contributed by atoms with E-state index < -0.39 is 0 Å². The zero-order chi connectivity index (χ0) is 12.5. The standard InChI is InChI=1S/C13H13BrN4/c14-10-6-16-13(17-7-10)18-5-4-9-2-1-3-12(15)11(9)8-18/h1-3,6-7H,4-5,8,15H2. The first-order chi connectivity index (χ1) is 8.74. The molecule has 3 rings (SSSR count). The number of halogens is 1. The van der Waals surface area contributed by atoms with E-state index in [0.717, 1.165) is 35.6 Å². The third-order valence-corrected chi connectivity index (χ3v) is 3.61. The van der Waals surface area contributed by atoms with Crippen LogP contribution in [0.25, 0.3) is 0 Å². The fraction of sp³-hybridized carbons (Fsp3) is 0.231. The van der Waals surface area contributed by atoms with Crippen LogP contribution in [0.5, 0.6) is 0 Å². The van der Waals surface area contributed by atoms with Gasteiger partial charge in [0.25, 0.3) is 0 Å². The van der Waals surface area contributed by atoms with Crippen molar-refractivity contribution in [3.8, 4) is 0 Å². The summed E-state index contributed by atoms with van der Waals surface area (Å²) >= 11 is 3.34. The summed E-state index contributed by atoms with van der Waals surface area (Å²) < 4.78 is 0.892. The second-order valence-electron chi connectivity index (χ2n) is 4.36. The first kappa shape index (κ1) is 11.5. The predicted molar refractivity (Wildman–Crippen MR) is 75.3 cm³/mol. The second-order valence-corrected chi connectivity index (χ2v) is 5.27. The van der Waals surface area contributed by atoms with E-state index in [4.69, 9.17) is 5.73 Å². The van der Waals surface area contributed by atoms with Crippen LogP contribution in [0.1, 0.15) is 11.1 Å². The van der Waals surface area contributed by atoms with Crippen LogP contribution in [0, 0.1) is 0 Å². The van der Waals surface area contributed by atoms with Gasteiger partial charge in [0.1, 0.15) is 0 Å². The van der Waals surface area contributed by atoms with Crippen molar-refractivity contribution in [3.05, 3.63) is 46.2 Å². The van der Waals surface area contributed by atoms with E-state index in [1.54, 1.807) is 12.4 Å². The van der Waals surface area contributed by atoms with E-state index in [1.165, 1.54) is 11.1 Å². The summed E-state index contributed by atoms with van der Waals surface area (Å²) in [7, 11) is 0. The van der Waals surface area contributed by atoms with Gasteiger partial charge in [0.2, 0.25) is 5.95 Å². The second kappa shape index (κ2) is 4.57. The fourth-order valence-corrected chi connectivity index (χ4v) is 2.45. The maximum absolute atomic E-state index is 6.03. The maximum atomic E-state index is 6.03. The van der Waals surface area contributed by atoms with Crippen molar-refractivity contribution in [2.75, 3.05) is 17.2 Å². The lowest BCUT2D eigenvalue weighted by molar-refractivity contribution is 0.709. The first-order valence-corrected chi connectivity index (χ1v) is 6.62. The number of benzene rings is 1. The van der Waals surface area contributed by atoms with Gasteiger partial charge >= 0.3 is 0 Å².